The van der Waals surface area contributed by atoms with Crippen molar-refractivity contribution in [3.8, 4) is 0 Å². The van der Waals surface area contributed by atoms with Gasteiger partial charge in [0.1, 0.15) is 11.6 Å². The Morgan fingerprint density at radius 3 is 2.42 bits per heavy atom. The first-order valence-corrected chi connectivity index (χ1v) is 6.48. The maximum absolute atomic E-state index is 8.99. The van der Waals surface area contributed by atoms with Crippen LogP contribution in [0.25, 0.3) is 0 Å². The molecule has 19 heavy (non-hydrogen) atoms. The summed E-state index contributed by atoms with van der Waals surface area (Å²) in [4.78, 5) is 8.72. The van der Waals surface area contributed by atoms with Crippen LogP contribution in [0.2, 0.25) is 0 Å². The van der Waals surface area contributed by atoms with Gasteiger partial charge in [0.25, 0.3) is 0 Å². The van der Waals surface area contributed by atoms with E-state index in [2.05, 4.69) is 22.2 Å². The molecule has 0 unspecified atom stereocenters. The lowest BCUT2D eigenvalue weighted by Crippen LogP contribution is -2.04. The van der Waals surface area contributed by atoms with Gasteiger partial charge in [-0.05, 0) is 24.5 Å². The van der Waals surface area contributed by atoms with Gasteiger partial charge >= 0.3 is 0 Å². The third-order valence-electron chi connectivity index (χ3n) is 2.93. The van der Waals surface area contributed by atoms with Crippen molar-refractivity contribution in [3.63, 3.8) is 0 Å². The van der Waals surface area contributed by atoms with Crippen LogP contribution in [0.4, 0.5) is 5.82 Å². The van der Waals surface area contributed by atoms with Crippen molar-refractivity contribution >= 4 is 5.82 Å². The zero-order valence-corrected chi connectivity index (χ0v) is 11.3. The zero-order valence-electron chi connectivity index (χ0n) is 11.3. The Labute approximate surface area is 113 Å². The molecule has 1 aromatic carbocycles. The van der Waals surface area contributed by atoms with Crippen LogP contribution in [0.3, 0.4) is 0 Å². The quantitative estimate of drug-likeness (QED) is 0.864. The minimum Gasteiger partial charge on any atom is -0.392 e. The van der Waals surface area contributed by atoms with Crippen LogP contribution in [-0.4, -0.2) is 15.1 Å². The molecule has 0 aliphatic rings. The lowest BCUT2D eigenvalue weighted by molar-refractivity contribution is 0.282. The minimum atomic E-state index is 0.0820. The molecule has 1 heterocycles. The van der Waals surface area contributed by atoms with Crippen molar-refractivity contribution in [2.75, 3.05) is 5.32 Å². The maximum Gasteiger partial charge on any atom is 0.130 e. The average Bonchev–Trinajstić information content (AvgIpc) is 2.45. The van der Waals surface area contributed by atoms with Gasteiger partial charge in [-0.15, -0.1) is 0 Å². The SMILES string of the molecule is CCc1cc(NCc2ccc(CO)cc2)nc(C)n1. The van der Waals surface area contributed by atoms with E-state index < -0.39 is 0 Å². The van der Waals surface area contributed by atoms with Gasteiger partial charge in [0.15, 0.2) is 0 Å². The third kappa shape index (κ3) is 3.76. The van der Waals surface area contributed by atoms with Crippen molar-refractivity contribution < 1.29 is 5.11 Å². The number of aliphatic hydroxyl groups is 1. The number of rotatable bonds is 5. The van der Waals surface area contributed by atoms with Gasteiger partial charge < -0.3 is 10.4 Å². The first-order valence-electron chi connectivity index (χ1n) is 6.48. The molecule has 2 N–H and O–H groups in total. The summed E-state index contributed by atoms with van der Waals surface area (Å²) in [6.07, 6.45) is 0.906. The van der Waals surface area contributed by atoms with Gasteiger partial charge in [-0.1, -0.05) is 31.2 Å². The third-order valence-corrected chi connectivity index (χ3v) is 2.93. The highest BCUT2D eigenvalue weighted by molar-refractivity contribution is 5.37. The van der Waals surface area contributed by atoms with Crippen LogP contribution < -0.4 is 5.32 Å². The molecule has 2 aromatic rings. The van der Waals surface area contributed by atoms with Crippen LogP contribution in [-0.2, 0) is 19.6 Å². The summed E-state index contributed by atoms with van der Waals surface area (Å²) in [6.45, 7) is 4.78. The van der Waals surface area contributed by atoms with Crippen molar-refractivity contribution in [2.24, 2.45) is 0 Å². The van der Waals surface area contributed by atoms with E-state index in [-0.39, 0.29) is 6.61 Å². The predicted octanol–water partition coefficient (Wildman–Crippen LogP) is 2.45. The Morgan fingerprint density at radius 1 is 1.11 bits per heavy atom. The largest absolute Gasteiger partial charge is 0.392 e. The molecule has 0 saturated heterocycles. The molecule has 1 aromatic heterocycles. The zero-order chi connectivity index (χ0) is 13.7. The van der Waals surface area contributed by atoms with Crippen LogP contribution in [0, 0.1) is 6.92 Å². The van der Waals surface area contributed by atoms with Gasteiger partial charge in [-0.3, -0.25) is 0 Å². The van der Waals surface area contributed by atoms with Crippen molar-refractivity contribution in [2.45, 2.75) is 33.4 Å². The molecular weight excluding hydrogens is 238 g/mol. The van der Waals surface area contributed by atoms with Crippen molar-refractivity contribution in [1.82, 2.24) is 9.97 Å². The molecule has 0 fully saturated rings. The Balaban J connectivity index is 2.03. The standard InChI is InChI=1S/C15H19N3O/c1-3-14-8-15(18-11(2)17-14)16-9-12-4-6-13(10-19)7-5-12/h4-8,19H,3,9-10H2,1-2H3,(H,16,17,18). The van der Waals surface area contributed by atoms with Crippen LogP contribution in [0.1, 0.15) is 29.6 Å². The van der Waals surface area contributed by atoms with Gasteiger partial charge in [-0.25, -0.2) is 9.97 Å². The molecule has 0 aliphatic heterocycles. The van der Waals surface area contributed by atoms with E-state index in [1.54, 1.807) is 0 Å². The molecular formula is C15H19N3O. The number of aliphatic hydroxyl groups excluding tert-OH is 1. The van der Waals surface area contributed by atoms with E-state index in [1.807, 2.05) is 37.3 Å². The fourth-order valence-corrected chi connectivity index (χ4v) is 1.86. The number of nitrogens with zero attached hydrogens (tertiary/aromatic N) is 2. The van der Waals surface area contributed by atoms with Crippen molar-refractivity contribution in [1.29, 1.82) is 0 Å². The number of nitrogens with one attached hydrogen (secondary N) is 1. The second kappa shape index (κ2) is 6.29. The number of aryl methyl sites for hydroxylation is 2. The van der Waals surface area contributed by atoms with Gasteiger partial charge in [0.2, 0.25) is 0 Å². The molecule has 100 valence electrons. The lowest BCUT2D eigenvalue weighted by atomic mass is 10.1. The number of hydrogen-bond donors (Lipinski definition) is 2. The second-order valence-corrected chi connectivity index (χ2v) is 4.47. The molecule has 4 nitrogen and oxygen atoms in total. The molecule has 0 atom stereocenters. The highest BCUT2D eigenvalue weighted by atomic mass is 16.3. The smallest absolute Gasteiger partial charge is 0.130 e. The molecule has 2 rings (SSSR count). The van der Waals surface area contributed by atoms with E-state index in [0.29, 0.717) is 6.54 Å². The van der Waals surface area contributed by atoms with E-state index in [0.717, 1.165) is 34.9 Å². The van der Waals surface area contributed by atoms with E-state index in [4.69, 9.17) is 5.11 Å². The average molecular weight is 257 g/mol. The van der Waals surface area contributed by atoms with Crippen LogP contribution >= 0.6 is 0 Å². The number of hydrogen-bond acceptors (Lipinski definition) is 4. The van der Waals surface area contributed by atoms with E-state index in [9.17, 15) is 0 Å². The van der Waals surface area contributed by atoms with E-state index >= 15 is 0 Å². The van der Waals surface area contributed by atoms with Crippen LogP contribution in [0.5, 0.6) is 0 Å². The summed E-state index contributed by atoms with van der Waals surface area (Å²) in [5.74, 6) is 1.65. The summed E-state index contributed by atoms with van der Waals surface area (Å²) in [5, 5.41) is 12.3. The Hall–Kier alpha value is -1.94. The van der Waals surface area contributed by atoms with Crippen molar-refractivity contribution in [3.05, 3.63) is 53.0 Å². The normalized spacial score (nSPS) is 10.5. The summed E-state index contributed by atoms with van der Waals surface area (Å²) in [5.41, 5.74) is 3.13. The minimum absolute atomic E-state index is 0.0820. The highest BCUT2D eigenvalue weighted by Crippen LogP contribution is 2.10. The summed E-state index contributed by atoms with van der Waals surface area (Å²) >= 11 is 0. The monoisotopic (exact) mass is 257 g/mol. The summed E-state index contributed by atoms with van der Waals surface area (Å²) < 4.78 is 0. The van der Waals surface area contributed by atoms with Crippen LogP contribution in [0.15, 0.2) is 30.3 Å². The highest BCUT2D eigenvalue weighted by Gasteiger charge is 2.00. The second-order valence-electron chi connectivity index (χ2n) is 4.47. The number of aromatic nitrogens is 2. The fourth-order valence-electron chi connectivity index (χ4n) is 1.86. The Kier molecular flexibility index (Phi) is 4.47. The van der Waals surface area contributed by atoms with Gasteiger partial charge in [-0.2, -0.15) is 0 Å². The summed E-state index contributed by atoms with van der Waals surface area (Å²) in [7, 11) is 0. The molecule has 0 saturated carbocycles. The molecule has 4 heteroatoms. The van der Waals surface area contributed by atoms with Gasteiger partial charge in [0.05, 0.1) is 6.61 Å². The number of benzene rings is 1. The Bertz CT molecular complexity index is 538. The summed E-state index contributed by atoms with van der Waals surface area (Å²) in [6, 6.07) is 9.86. The molecule has 0 aliphatic carbocycles. The fraction of sp³-hybridized carbons (Fsp3) is 0.333. The topological polar surface area (TPSA) is 58.0 Å². The molecule has 0 radical (unpaired) electrons. The number of anilines is 1. The molecule has 0 amide bonds. The first-order chi connectivity index (χ1) is 9.21. The first kappa shape index (κ1) is 13.5. The molecule has 0 bridgehead atoms. The Morgan fingerprint density at radius 2 is 1.79 bits per heavy atom. The maximum atomic E-state index is 8.99. The lowest BCUT2D eigenvalue weighted by Gasteiger charge is -2.08. The molecule has 0 spiro atoms. The van der Waals surface area contributed by atoms with Gasteiger partial charge in [0, 0.05) is 18.3 Å². The predicted molar refractivity (Wildman–Crippen MR) is 75.8 cm³/mol. The van der Waals surface area contributed by atoms with E-state index in [1.165, 1.54) is 0 Å².